The molecule has 0 heterocycles. The zero-order valence-corrected chi connectivity index (χ0v) is 11.4. The van der Waals surface area contributed by atoms with Crippen LogP contribution >= 0.6 is 0 Å². The third-order valence-electron chi connectivity index (χ3n) is 1.25. The number of hydrogen-bond acceptors (Lipinski definition) is 1. The van der Waals surface area contributed by atoms with Crippen LogP contribution in [-0.2, 0) is 24.2 Å². The molecule has 3 heteroatoms. The van der Waals surface area contributed by atoms with Crippen molar-refractivity contribution in [3.8, 4) is 0 Å². The van der Waals surface area contributed by atoms with Gasteiger partial charge in [-0.2, -0.15) is 0 Å². The van der Waals surface area contributed by atoms with Crippen LogP contribution < -0.4 is 12.4 Å². The van der Waals surface area contributed by atoms with E-state index in [0.717, 1.165) is 5.56 Å². The van der Waals surface area contributed by atoms with Crippen LogP contribution in [0.25, 0.3) is 6.08 Å². The minimum Gasteiger partial charge on any atom is -1.00 e. The van der Waals surface area contributed by atoms with Crippen LogP contribution in [0.2, 0.25) is 0 Å². The van der Waals surface area contributed by atoms with Crippen LogP contribution in [0.5, 0.6) is 0 Å². The summed E-state index contributed by atoms with van der Waals surface area (Å²) in [4.78, 5) is 0. The Bertz CT molecular complexity index is 224. The monoisotopic (exact) mass is 246 g/mol. The molecule has 0 amide bonds. The van der Waals surface area contributed by atoms with Gasteiger partial charge in [0, 0.05) is 19.5 Å². The number of rotatable bonds is 3. The van der Waals surface area contributed by atoms with Gasteiger partial charge in [-0.15, -0.1) is 0 Å². The van der Waals surface area contributed by atoms with E-state index in [0.29, 0.717) is 6.61 Å². The zero-order valence-electron chi connectivity index (χ0n) is 7.66. The topological polar surface area (TPSA) is 9.23 Å². The summed E-state index contributed by atoms with van der Waals surface area (Å²) in [6.07, 6.45) is 4.55. The molecule has 0 bridgehead atoms. The quantitative estimate of drug-likeness (QED) is 0.517. The molecule has 0 N–H and O–H groups in total. The molecule has 0 saturated carbocycles. The summed E-state index contributed by atoms with van der Waals surface area (Å²) in [5.74, 6) is 0. The Morgan fingerprint density at radius 1 is 1.31 bits per heavy atom. The smallest absolute Gasteiger partial charge is 0.161 e. The van der Waals surface area contributed by atoms with Crippen LogP contribution in [0, 0.1) is 6.26 Å². The van der Waals surface area contributed by atoms with Gasteiger partial charge in [-0.25, -0.2) is 0 Å². The summed E-state index contributed by atoms with van der Waals surface area (Å²) in [6.45, 7) is 2.61. The van der Waals surface area contributed by atoms with Crippen molar-refractivity contribution in [2.75, 3.05) is 6.61 Å². The second-order valence-electron chi connectivity index (χ2n) is 2.11. The van der Waals surface area contributed by atoms with Gasteiger partial charge in [0.15, 0.2) is 6.26 Å². The molecular formula is C10H11ClOZn-. The molecule has 1 aromatic carbocycles. The maximum absolute atomic E-state index is 4.93. The standard InChI is InChI=1S/C10H11O.ClH.Zn/c1-2-11-9-8-10-6-4-3-5-7-10;;/h3-8H,2H2,1H3;1H;/p-1. The Morgan fingerprint density at radius 2 is 1.92 bits per heavy atom. The van der Waals surface area contributed by atoms with Crippen molar-refractivity contribution in [3.63, 3.8) is 0 Å². The first-order valence-corrected chi connectivity index (χ1v) is 3.69. The number of hydrogen-bond donors (Lipinski definition) is 0. The average molecular weight is 248 g/mol. The second-order valence-corrected chi connectivity index (χ2v) is 2.11. The van der Waals surface area contributed by atoms with Gasteiger partial charge < -0.3 is 17.1 Å². The first-order valence-electron chi connectivity index (χ1n) is 3.69. The van der Waals surface area contributed by atoms with Gasteiger partial charge in [0.25, 0.3) is 0 Å². The van der Waals surface area contributed by atoms with E-state index in [1.165, 1.54) is 0 Å². The van der Waals surface area contributed by atoms with E-state index in [1.54, 1.807) is 0 Å². The SMILES string of the molecule is CCO[C]=Cc1ccccc1.[Cl-].[Zn]. The Morgan fingerprint density at radius 3 is 2.46 bits per heavy atom. The summed E-state index contributed by atoms with van der Waals surface area (Å²) >= 11 is 0. The summed E-state index contributed by atoms with van der Waals surface area (Å²) in [6, 6.07) is 9.97. The Kier molecular flexibility index (Phi) is 11.4. The van der Waals surface area contributed by atoms with Crippen molar-refractivity contribution in [3.05, 3.63) is 42.2 Å². The average Bonchev–Trinajstić information content (AvgIpc) is 2.07. The van der Waals surface area contributed by atoms with Crippen molar-refractivity contribution in [2.24, 2.45) is 0 Å². The molecule has 1 nitrogen and oxygen atoms in total. The largest absolute Gasteiger partial charge is 1.00 e. The maximum Gasteiger partial charge on any atom is 0.161 e. The van der Waals surface area contributed by atoms with E-state index in [2.05, 4.69) is 6.26 Å². The molecule has 67 valence electrons. The molecule has 0 unspecified atom stereocenters. The van der Waals surface area contributed by atoms with Gasteiger partial charge in [-0.1, -0.05) is 30.3 Å². The summed E-state index contributed by atoms with van der Waals surface area (Å²) in [7, 11) is 0. The zero-order chi connectivity index (χ0) is 7.94. The maximum atomic E-state index is 4.93. The van der Waals surface area contributed by atoms with E-state index >= 15 is 0 Å². The van der Waals surface area contributed by atoms with E-state index < -0.39 is 0 Å². The number of halogens is 1. The van der Waals surface area contributed by atoms with Gasteiger partial charge >= 0.3 is 0 Å². The molecule has 13 heavy (non-hydrogen) atoms. The Balaban J connectivity index is 0. The van der Waals surface area contributed by atoms with Crippen LogP contribution in [0.1, 0.15) is 12.5 Å². The van der Waals surface area contributed by atoms with Crippen molar-refractivity contribution in [1.29, 1.82) is 0 Å². The fraction of sp³-hybridized carbons (Fsp3) is 0.200. The van der Waals surface area contributed by atoms with Crippen molar-refractivity contribution in [1.82, 2.24) is 0 Å². The minimum absolute atomic E-state index is 0. The molecule has 0 aliphatic rings. The third-order valence-corrected chi connectivity index (χ3v) is 1.25. The predicted molar refractivity (Wildman–Crippen MR) is 45.8 cm³/mol. The summed E-state index contributed by atoms with van der Waals surface area (Å²) < 4.78 is 4.93. The number of ether oxygens (including phenoxy) is 1. The predicted octanol–water partition coefficient (Wildman–Crippen LogP) is -0.502. The molecule has 1 aromatic rings. The minimum atomic E-state index is 0. The van der Waals surface area contributed by atoms with E-state index in [1.807, 2.05) is 43.3 Å². The molecule has 0 aliphatic heterocycles. The van der Waals surface area contributed by atoms with Gasteiger partial charge in [-0.05, 0) is 18.6 Å². The third kappa shape index (κ3) is 6.80. The normalized spacial score (nSPS) is 8.69. The first kappa shape index (κ1) is 15.2. The van der Waals surface area contributed by atoms with Gasteiger partial charge in [0.05, 0.1) is 6.61 Å². The van der Waals surface area contributed by atoms with E-state index in [-0.39, 0.29) is 31.9 Å². The Labute approximate surface area is 98.4 Å². The Hall–Kier alpha value is -0.327. The molecular weight excluding hydrogens is 237 g/mol. The van der Waals surface area contributed by atoms with Crippen molar-refractivity contribution >= 4 is 6.08 Å². The van der Waals surface area contributed by atoms with E-state index in [4.69, 9.17) is 4.74 Å². The van der Waals surface area contributed by atoms with Crippen molar-refractivity contribution < 1.29 is 36.6 Å². The molecule has 0 saturated heterocycles. The van der Waals surface area contributed by atoms with E-state index in [9.17, 15) is 0 Å². The van der Waals surface area contributed by atoms with Gasteiger partial charge in [-0.3, -0.25) is 0 Å². The first-order chi connectivity index (χ1) is 5.43. The van der Waals surface area contributed by atoms with Crippen LogP contribution in [0.15, 0.2) is 30.3 Å². The van der Waals surface area contributed by atoms with Gasteiger partial charge in [0.1, 0.15) is 0 Å². The summed E-state index contributed by atoms with van der Waals surface area (Å²) in [5.41, 5.74) is 1.11. The molecule has 1 radical (unpaired) electrons. The second kappa shape index (κ2) is 9.76. The number of benzene rings is 1. The molecule has 0 aliphatic carbocycles. The molecule has 0 fully saturated rings. The van der Waals surface area contributed by atoms with Crippen LogP contribution in [0.4, 0.5) is 0 Å². The van der Waals surface area contributed by atoms with Gasteiger partial charge in [0.2, 0.25) is 0 Å². The van der Waals surface area contributed by atoms with Crippen LogP contribution in [0.3, 0.4) is 0 Å². The fourth-order valence-corrected chi connectivity index (χ4v) is 0.742. The molecule has 0 aromatic heterocycles. The van der Waals surface area contributed by atoms with Crippen molar-refractivity contribution in [2.45, 2.75) is 6.92 Å². The summed E-state index contributed by atoms with van der Waals surface area (Å²) in [5, 5.41) is 0. The fourth-order valence-electron chi connectivity index (χ4n) is 0.742. The molecule has 0 spiro atoms. The molecule has 1 rings (SSSR count). The molecule has 0 atom stereocenters. The van der Waals surface area contributed by atoms with Crippen LogP contribution in [-0.4, -0.2) is 6.61 Å².